The van der Waals surface area contributed by atoms with Crippen LogP contribution in [0.4, 0.5) is 0 Å². The van der Waals surface area contributed by atoms with Gasteiger partial charge >= 0.3 is 7.60 Å². The Morgan fingerprint density at radius 2 is 1.22 bits per heavy atom. The minimum absolute atomic E-state index is 0.0574. The molecule has 0 heterocycles. The highest BCUT2D eigenvalue weighted by atomic mass is 31.2. The van der Waals surface area contributed by atoms with Gasteiger partial charge in [-0.2, -0.15) is 0 Å². The Bertz CT molecular complexity index is 437. The Kier molecular flexibility index (Phi) is 11.8. The van der Waals surface area contributed by atoms with Crippen molar-refractivity contribution in [1.29, 1.82) is 0 Å². The third-order valence-corrected chi connectivity index (χ3v) is 8.02. The maximum absolute atomic E-state index is 13.5. The van der Waals surface area contributed by atoms with Crippen LogP contribution in [0.1, 0.15) is 27.2 Å². The van der Waals surface area contributed by atoms with E-state index in [4.69, 9.17) is 9.05 Å². The monoisotopic (exact) mass is 414 g/mol. The van der Waals surface area contributed by atoms with E-state index in [1.807, 2.05) is 41.9 Å². The third kappa shape index (κ3) is 9.33. The van der Waals surface area contributed by atoms with E-state index < -0.39 is 12.8 Å². The minimum Gasteiger partial charge on any atom is -0.391 e. The van der Waals surface area contributed by atoms with Crippen LogP contribution in [-0.2, 0) is 13.6 Å². The van der Waals surface area contributed by atoms with Crippen LogP contribution in [0.2, 0.25) is 0 Å². The molecule has 8 nitrogen and oxygen atoms in total. The van der Waals surface area contributed by atoms with Crippen molar-refractivity contribution in [2.45, 2.75) is 32.3 Å². The van der Waals surface area contributed by atoms with Crippen LogP contribution in [0.5, 0.6) is 0 Å². The molecule has 0 rings (SSSR count). The molecule has 0 saturated heterocycles. The molecule has 0 bridgehead atoms. The summed E-state index contributed by atoms with van der Waals surface area (Å²) in [4.78, 5) is 0. The molecule has 0 aromatic heterocycles. The smallest absolute Gasteiger partial charge is 0.336 e. The molecule has 0 aliphatic rings. The lowest BCUT2D eigenvalue weighted by atomic mass is 10.1. The molecule has 0 spiro atoms. The average Bonchev–Trinajstić information content (AvgIpc) is 2.54. The first kappa shape index (κ1) is 27.0. The lowest BCUT2D eigenvalue weighted by molar-refractivity contribution is -0.929. The minimum atomic E-state index is -3.36. The number of hydrogen-bond donors (Lipinski definition) is 3. The highest BCUT2D eigenvalue weighted by Gasteiger charge is 2.43. The highest BCUT2D eigenvalue weighted by molar-refractivity contribution is 7.55. The molecule has 0 amide bonds. The van der Waals surface area contributed by atoms with Crippen LogP contribution in [-0.4, -0.2) is 116 Å². The summed E-state index contributed by atoms with van der Waals surface area (Å²) in [5.41, 5.74) is 0. The van der Waals surface area contributed by atoms with Gasteiger partial charge in [-0.1, -0.05) is 6.92 Å². The number of aliphatic hydroxyl groups excluding tert-OH is 3. The van der Waals surface area contributed by atoms with E-state index >= 15 is 0 Å². The number of likely N-dealkylation sites (N-methyl/N-ethyl adjacent to an activating group) is 1. The van der Waals surface area contributed by atoms with E-state index in [-0.39, 0.29) is 26.4 Å². The van der Waals surface area contributed by atoms with Crippen LogP contribution in [0.25, 0.3) is 0 Å². The van der Waals surface area contributed by atoms with E-state index in [0.717, 1.165) is 0 Å². The molecule has 0 saturated carbocycles. The van der Waals surface area contributed by atoms with Gasteiger partial charge in [-0.05, 0) is 20.3 Å². The zero-order valence-corrected chi connectivity index (χ0v) is 19.1. The molecule has 0 aromatic rings. The summed E-state index contributed by atoms with van der Waals surface area (Å²) < 4.78 is 26.2. The van der Waals surface area contributed by atoms with Gasteiger partial charge in [0.2, 0.25) is 0 Å². The molecule has 1 atom stereocenters. The Labute approximate surface area is 165 Å². The Hall–Kier alpha value is -0.0500. The van der Waals surface area contributed by atoms with Gasteiger partial charge in [-0.15, -0.1) is 0 Å². The van der Waals surface area contributed by atoms with Crippen LogP contribution in [0.15, 0.2) is 0 Å². The number of quaternary nitrogens is 2. The Morgan fingerprint density at radius 3 is 1.56 bits per heavy atom. The van der Waals surface area contributed by atoms with E-state index in [1.165, 1.54) is 0 Å². The zero-order chi connectivity index (χ0) is 21.2. The second-order valence-corrected chi connectivity index (χ2v) is 11.5. The van der Waals surface area contributed by atoms with Crippen molar-refractivity contribution in [3.63, 3.8) is 0 Å². The predicted octanol–water partition coefficient (Wildman–Crippen LogP) is 0.901. The first-order valence-corrected chi connectivity index (χ1v) is 11.3. The van der Waals surface area contributed by atoms with Gasteiger partial charge < -0.3 is 33.3 Å². The lowest BCUT2D eigenvalue weighted by Gasteiger charge is -2.38. The highest BCUT2D eigenvalue weighted by Crippen LogP contribution is 2.61. The van der Waals surface area contributed by atoms with Crippen molar-refractivity contribution in [2.75, 3.05) is 86.9 Å². The van der Waals surface area contributed by atoms with Crippen LogP contribution in [0, 0.1) is 0 Å². The van der Waals surface area contributed by atoms with Gasteiger partial charge in [-0.25, -0.2) is 0 Å². The quantitative estimate of drug-likeness (QED) is 0.257. The maximum Gasteiger partial charge on any atom is 0.336 e. The molecule has 0 fully saturated rings. The second kappa shape index (κ2) is 11.8. The summed E-state index contributed by atoms with van der Waals surface area (Å²) in [7, 11) is 2.78. The van der Waals surface area contributed by atoms with Gasteiger partial charge in [0.25, 0.3) is 0 Å². The molecule has 3 N–H and O–H groups in total. The first-order chi connectivity index (χ1) is 12.4. The normalized spacial score (nSPS) is 15.7. The van der Waals surface area contributed by atoms with Gasteiger partial charge in [0.1, 0.15) is 45.9 Å². The number of rotatable bonds is 16. The lowest BCUT2D eigenvalue weighted by Crippen LogP contribution is -2.55. The van der Waals surface area contributed by atoms with Gasteiger partial charge in [-0.3, -0.25) is 4.57 Å². The van der Waals surface area contributed by atoms with Crippen molar-refractivity contribution in [2.24, 2.45) is 0 Å². The van der Waals surface area contributed by atoms with Gasteiger partial charge in [0.15, 0.2) is 0 Å². The first-order valence-electron chi connectivity index (χ1n) is 9.78. The second-order valence-electron chi connectivity index (χ2n) is 8.75. The molecule has 0 aromatic carbocycles. The topological polar surface area (TPSA) is 96.2 Å². The third-order valence-electron chi connectivity index (χ3n) is 5.18. The van der Waals surface area contributed by atoms with Crippen molar-refractivity contribution in [1.82, 2.24) is 0 Å². The number of aliphatic hydroxyl groups is 3. The Balaban J connectivity index is 5.13. The molecule has 0 aliphatic heterocycles. The van der Waals surface area contributed by atoms with Gasteiger partial charge in [0, 0.05) is 0 Å². The number of hydrogen-bond acceptors (Lipinski definition) is 6. The van der Waals surface area contributed by atoms with Crippen LogP contribution < -0.4 is 0 Å². The largest absolute Gasteiger partial charge is 0.391 e. The summed E-state index contributed by atoms with van der Waals surface area (Å²) in [5, 5.41) is 27.5. The molecule has 1 unspecified atom stereocenters. The summed E-state index contributed by atoms with van der Waals surface area (Å²) in [6, 6.07) is 0. The Morgan fingerprint density at radius 1 is 0.815 bits per heavy atom. The molecule has 0 aliphatic carbocycles. The molecular weight excluding hydrogens is 371 g/mol. The molecule has 164 valence electrons. The SMILES string of the molecule is CCC(C)(C)P(=O)(OCC[N+](C)(C)C)OCC[N+](CCO)(CCO)CCO. The molecule has 27 heavy (non-hydrogen) atoms. The average molecular weight is 415 g/mol. The maximum atomic E-state index is 13.5. The van der Waals surface area contributed by atoms with Crippen molar-refractivity contribution in [3.05, 3.63) is 0 Å². The summed E-state index contributed by atoms with van der Waals surface area (Å²) in [6.07, 6.45) is 0.651. The summed E-state index contributed by atoms with van der Waals surface area (Å²) in [6.45, 7) is 8.41. The number of nitrogens with zero attached hydrogens (tertiary/aromatic N) is 2. The fourth-order valence-electron chi connectivity index (χ4n) is 2.68. The molecule has 9 heteroatoms. The summed E-state index contributed by atoms with van der Waals surface area (Å²) in [5.74, 6) is 0. The fraction of sp³-hybridized carbons (Fsp3) is 1.00. The van der Waals surface area contributed by atoms with Gasteiger partial charge in [0.05, 0.1) is 46.1 Å². The standard InChI is InChI=1S/C18H43N2O6P/c1-7-18(2,3)27(24,25-16-11-19(4,5)6)26-17-12-20(8-13-21,9-14-22)10-15-23/h21-23H,7-17H2,1-6H3/q+2. The van der Waals surface area contributed by atoms with Crippen molar-refractivity contribution < 1.29 is 37.9 Å². The van der Waals surface area contributed by atoms with E-state index in [0.29, 0.717) is 54.7 Å². The van der Waals surface area contributed by atoms with E-state index in [2.05, 4.69) is 0 Å². The van der Waals surface area contributed by atoms with Crippen molar-refractivity contribution in [3.8, 4) is 0 Å². The molecule has 0 radical (unpaired) electrons. The van der Waals surface area contributed by atoms with E-state index in [1.54, 1.807) is 0 Å². The fourth-order valence-corrected chi connectivity index (χ4v) is 4.48. The molecular formula is C18H43N2O6P+2. The van der Waals surface area contributed by atoms with Crippen LogP contribution in [0.3, 0.4) is 0 Å². The van der Waals surface area contributed by atoms with Crippen molar-refractivity contribution >= 4 is 7.60 Å². The van der Waals surface area contributed by atoms with E-state index in [9.17, 15) is 19.9 Å². The summed E-state index contributed by atoms with van der Waals surface area (Å²) >= 11 is 0. The van der Waals surface area contributed by atoms with Crippen LogP contribution >= 0.6 is 7.60 Å². The predicted molar refractivity (Wildman–Crippen MR) is 108 cm³/mol. The zero-order valence-electron chi connectivity index (χ0n) is 18.2.